The number of benzene rings is 1. The number of likely N-dealkylation sites (tertiary alicyclic amines) is 1. The normalized spacial score (nSPS) is 19.4. The number of amides is 2. The fraction of sp³-hybridized carbons (Fsp3) is 0.333. The summed E-state index contributed by atoms with van der Waals surface area (Å²) in [5, 5.41) is 0. The highest BCUT2D eigenvalue weighted by Gasteiger charge is 2.30. The van der Waals surface area contributed by atoms with E-state index in [1.807, 2.05) is 0 Å². The zero-order chi connectivity index (χ0) is 12.4. The number of Topliss-reactive ketones (excluding diaryl/α,β-unsaturated/α-hetero) is 1. The lowest BCUT2D eigenvalue weighted by Gasteiger charge is -2.12. The van der Waals surface area contributed by atoms with E-state index in [9.17, 15) is 14.0 Å². The Morgan fingerprint density at radius 1 is 1.29 bits per heavy atom. The third-order valence-electron chi connectivity index (χ3n) is 3.00. The molecule has 1 aromatic rings. The highest BCUT2D eigenvalue weighted by molar-refractivity contribution is 5.98. The Balaban J connectivity index is 2.07. The maximum absolute atomic E-state index is 12.7. The zero-order valence-corrected chi connectivity index (χ0v) is 9.23. The molecule has 1 atom stereocenters. The van der Waals surface area contributed by atoms with Gasteiger partial charge in [0, 0.05) is 24.6 Å². The molecule has 1 aliphatic rings. The summed E-state index contributed by atoms with van der Waals surface area (Å²) < 4.78 is 12.7. The van der Waals surface area contributed by atoms with E-state index < -0.39 is 6.03 Å². The molecule has 0 spiro atoms. The predicted octanol–water partition coefficient (Wildman–Crippen LogP) is 1.41. The number of nitrogens with zero attached hydrogens (tertiary/aromatic N) is 1. The van der Waals surface area contributed by atoms with Crippen LogP contribution in [0.25, 0.3) is 0 Å². The lowest BCUT2D eigenvalue weighted by molar-refractivity contribution is 0.0925. The first kappa shape index (κ1) is 11.6. The van der Waals surface area contributed by atoms with Gasteiger partial charge in [-0.1, -0.05) is 0 Å². The van der Waals surface area contributed by atoms with Gasteiger partial charge in [-0.15, -0.1) is 0 Å². The summed E-state index contributed by atoms with van der Waals surface area (Å²) in [4.78, 5) is 24.4. The highest BCUT2D eigenvalue weighted by atomic mass is 19.1. The molecule has 1 saturated heterocycles. The number of rotatable bonds is 2. The first-order chi connectivity index (χ1) is 8.08. The van der Waals surface area contributed by atoms with E-state index in [4.69, 9.17) is 5.73 Å². The molecular formula is C12H13FN2O2. The second-order valence-corrected chi connectivity index (χ2v) is 4.14. The molecule has 1 unspecified atom stereocenters. The standard InChI is InChI=1S/C12H13FN2O2/c13-10-3-1-8(2-4-10)11(16)9-5-6-15(7-9)12(14)17/h1-4,9H,5-7H2,(H2,14,17). The molecule has 0 radical (unpaired) electrons. The van der Waals surface area contributed by atoms with E-state index in [0.717, 1.165) is 0 Å². The minimum Gasteiger partial charge on any atom is -0.351 e. The Morgan fingerprint density at radius 3 is 2.47 bits per heavy atom. The average Bonchev–Trinajstić information content (AvgIpc) is 2.78. The fourth-order valence-electron chi connectivity index (χ4n) is 2.02. The number of carbonyl (C=O) groups is 2. The van der Waals surface area contributed by atoms with Crippen molar-refractivity contribution >= 4 is 11.8 Å². The lowest BCUT2D eigenvalue weighted by atomic mass is 9.97. The van der Waals surface area contributed by atoms with Gasteiger partial charge in [0.15, 0.2) is 5.78 Å². The molecular weight excluding hydrogens is 223 g/mol. The van der Waals surface area contributed by atoms with Crippen LogP contribution in [0.1, 0.15) is 16.8 Å². The predicted molar refractivity (Wildman–Crippen MR) is 60.0 cm³/mol. The summed E-state index contributed by atoms with van der Waals surface area (Å²) in [6.07, 6.45) is 0.610. The SMILES string of the molecule is NC(=O)N1CCC(C(=O)c2ccc(F)cc2)C1. The number of carbonyl (C=O) groups excluding carboxylic acids is 2. The minimum atomic E-state index is -0.501. The van der Waals surface area contributed by atoms with Gasteiger partial charge >= 0.3 is 6.03 Å². The van der Waals surface area contributed by atoms with Gasteiger partial charge in [-0.05, 0) is 30.7 Å². The largest absolute Gasteiger partial charge is 0.351 e. The minimum absolute atomic E-state index is 0.0613. The molecule has 1 heterocycles. The number of urea groups is 1. The summed E-state index contributed by atoms with van der Waals surface area (Å²) in [5.74, 6) is -0.659. The first-order valence-electron chi connectivity index (χ1n) is 5.42. The van der Waals surface area contributed by atoms with Gasteiger partial charge in [0.1, 0.15) is 5.82 Å². The Labute approximate surface area is 98.2 Å². The molecule has 2 rings (SSSR count). The molecule has 1 aromatic carbocycles. The summed E-state index contributed by atoms with van der Waals surface area (Å²) in [6, 6.07) is 4.94. The van der Waals surface area contributed by atoms with Crippen molar-refractivity contribution in [1.82, 2.24) is 4.90 Å². The maximum atomic E-state index is 12.7. The highest BCUT2D eigenvalue weighted by Crippen LogP contribution is 2.20. The molecule has 4 nitrogen and oxygen atoms in total. The second-order valence-electron chi connectivity index (χ2n) is 4.14. The molecule has 1 aliphatic heterocycles. The number of hydrogen-bond donors (Lipinski definition) is 1. The summed E-state index contributed by atoms with van der Waals surface area (Å²) >= 11 is 0. The van der Waals surface area contributed by atoms with Crippen LogP contribution in [0.15, 0.2) is 24.3 Å². The van der Waals surface area contributed by atoms with Crippen LogP contribution in [0.2, 0.25) is 0 Å². The van der Waals surface area contributed by atoms with E-state index in [-0.39, 0.29) is 17.5 Å². The van der Waals surface area contributed by atoms with Crippen molar-refractivity contribution in [1.29, 1.82) is 0 Å². The van der Waals surface area contributed by atoms with Crippen molar-refractivity contribution < 1.29 is 14.0 Å². The Kier molecular flexibility index (Phi) is 3.08. The quantitative estimate of drug-likeness (QED) is 0.789. The smallest absolute Gasteiger partial charge is 0.314 e. The van der Waals surface area contributed by atoms with Crippen molar-refractivity contribution in [2.75, 3.05) is 13.1 Å². The van der Waals surface area contributed by atoms with Crippen molar-refractivity contribution in [3.8, 4) is 0 Å². The average molecular weight is 236 g/mol. The van der Waals surface area contributed by atoms with Crippen molar-refractivity contribution in [2.24, 2.45) is 11.7 Å². The molecule has 2 amide bonds. The second kappa shape index (κ2) is 4.53. The van der Waals surface area contributed by atoms with Gasteiger partial charge < -0.3 is 10.6 Å². The van der Waals surface area contributed by atoms with E-state index in [0.29, 0.717) is 25.1 Å². The van der Waals surface area contributed by atoms with E-state index in [1.54, 1.807) is 0 Å². The van der Waals surface area contributed by atoms with Crippen LogP contribution in [-0.4, -0.2) is 29.8 Å². The first-order valence-corrected chi connectivity index (χ1v) is 5.42. The third-order valence-corrected chi connectivity index (χ3v) is 3.00. The van der Waals surface area contributed by atoms with Crippen LogP contribution in [0.4, 0.5) is 9.18 Å². The molecule has 0 aromatic heterocycles. The third kappa shape index (κ3) is 2.43. The number of halogens is 1. The van der Waals surface area contributed by atoms with Gasteiger partial charge in [-0.25, -0.2) is 9.18 Å². The van der Waals surface area contributed by atoms with Crippen LogP contribution < -0.4 is 5.73 Å². The molecule has 0 bridgehead atoms. The lowest BCUT2D eigenvalue weighted by Crippen LogP contribution is -2.34. The van der Waals surface area contributed by atoms with Crippen LogP contribution in [0, 0.1) is 11.7 Å². The number of ketones is 1. The van der Waals surface area contributed by atoms with E-state index in [2.05, 4.69) is 0 Å². The summed E-state index contributed by atoms with van der Waals surface area (Å²) in [7, 11) is 0. The molecule has 0 aliphatic carbocycles. The molecule has 90 valence electrons. The molecule has 0 saturated carbocycles. The molecule has 5 heteroatoms. The zero-order valence-electron chi connectivity index (χ0n) is 9.23. The maximum Gasteiger partial charge on any atom is 0.314 e. The van der Waals surface area contributed by atoms with Gasteiger partial charge in [-0.2, -0.15) is 0 Å². The van der Waals surface area contributed by atoms with Crippen molar-refractivity contribution in [3.05, 3.63) is 35.6 Å². The Bertz CT molecular complexity index is 444. The topological polar surface area (TPSA) is 63.4 Å². The van der Waals surface area contributed by atoms with Gasteiger partial charge in [0.25, 0.3) is 0 Å². The Morgan fingerprint density at radius 2 is 1.94 bits per heavy atom. The molecule has 2 N–H and O–H groups in total. The summed E-state index contributed by atoms with van der Waals surface area (Å²) in [5.41, 5.74) is 5.62. The molecule has 1 fully saturated rings. The van der Waals surface area contributed by atoms with Gasteiger partial charge in [0.2, 0.25) is 0 Å². The van der Waals surface area contributed by atoms with Crippen LogP contribution in [0.5, 0.6) is 0 Å². The summed E-state index contributed by atoms with van der Waals surface area (Å²) in [6.45, 7) is 0.860. The Hall–Kier alpha value is -1.91. The van der Waals surface area contributed by atoms with Crippen LogP contribution in [0.3, 0.4) is 0 Å². The monoisotopic (exact) mass is 236 g/mol. The van der Waals surface area contributed by atoms with E-state index >= 15 is 0 Å². The molecule has 17 heavy (non-hydrogen) atoms. The van der Waals surface area contributed by atoms with Gasteiger partial charge in [-0.3, -0.25) is 4.79 Å². The number of primary amides is 1. The van der Waals surface area contributed by atoms with Crippen LogP contribution in [-0.2, 0) is 0 Å². The van der Waals surface area contributed by atoms with Crippen LogP contribution >= 0.6 is 0 Å². The van der Waals surface area contributed by atoms with Crippen molar-refractivity contribution in [3.63, 3.8) is 0 Å². The van der Waals surface area contributed by atoms with Gasteiger partial charge in [0.05, 0.1) is 0 Å². The van der Waals surface area contributed by atoms with Crippen molar-refractivity contribution in [2.45, 2.75) is 6.42 Å². The fourth-order valence-corrected chi connectivity index (χ4v) is 2.02. The number of nitrogens with two attached hydrogens (primary N) is 1. The van der Waals surface area contributed by atoms with E-state index in [1.165, 1.54) is 29.2 Å². The number of hydrogen-bond acceptors (Lipinski definition) is 2.